The van der Waals surface area contributed by atoms with Gasteiger partial charge in [-0.2, -0.15) is 8.42 Å². The predicted molar refractivity (Wildman–Crippen MR) is 41.5 cm³/mol. The van der Waals surface area contributed by atoms with Gasteiger partial charge in [0.15, 0.2) is 0 Å². The molecule has 1 N–H and O–H groups in total. The normalized spacial score (nSPS) is 13.8. The Balaban J connectivity index is 4.11. The highest BCUT2D eigenvalue weighted by Gasteiger charge is 2.16. The van der Waals surface area contributed by atoms with Crippen molar-refractivity contribution in [2.75, 3.05) is 0 Å². The van der Waals surface area contributed by atoms with Gasteiger partial charge in [-0.1, -0.05) is 0 Å². The minimum atomic E-state index is -4.07. The minimum absolute atomic E-state index is 0.834. The Labute approximate surface area is 66.6 Å². The molecule has 5 heteroatoms. The van der Waals surface area contributed by atoms with Crippen LogP contribution in [0.25, 0.3) is 0 Å². The van der Waals surface area contributed by atoms with E-state index in [0.29, 0.717) is 0 Å². The third kappa shape index (κ3) is 4.80. The quantitative estimate of drug-likeness (QED) is 0.523. The fraction of sp³-hybridized carbons (Fsp3) is 0.667. The Morgan fingerprint density at radius 1 is 1.55 bits per heavy atom. The molecular weight excluding hydrogens is 168 g/mol. The lowest BCUT2D eigenvalue weighted by molar-refractivity contribution is 0.212. The molecule has 0 aromatic rings. The van der Waals surface area contributed by atoms with Gasteiger partial charge in [0.25, 0.3) is 0 Å². The van der Waals surface area contributed by atoms with E-state index in [1.165, 1.54) is 13.2 Å². The van der Waals surface area contributed by atoms with Crippen LogP contribution >= 0.6 is 0 Å². The van der Waals surface area contributed by atoms with Crippen LogP contribution < -0.4 is 0 Å². The molecule has 0 aliphatic rings. The van der Waals surface area contributed by atoms with E-state index in [-0.39, 0.29) is 0 Å². The molecule has 0 spiro atoms. The highest BCUT2D eigenvalue weighted by Crippen LogP contribution is 2.01. The first-order valence-corrected chi connectivity index (χ1v) is 4.59. The highest BCUT2D eigenvalue weighted by molar-refractivity contribution is 7.86. The van der Waals surface area contributed by atoms with E-state index >= 15 is 0 Å². The van der Waals surface area contributed by atoms with Gasteiger partial charge in [0, 0.05) is 0 Å². The van der Waals surface area contributed by atoms with Crippen molar-refractivity contribution in [3.05, 3.63) is 11.8 Å². The molecule has 0 aliphatic heterocycles. The minimum Gasteiger partial charge on any atom is -0.480 e. The molecule has 0 saturated heterocycles. The van der Waals surface area contributed by atoms with Crippen molar-refractivity contribution in [3.63, 3.8) is 0 Å². The van der Waals surface area contributed by atoms with Gasteiger partial charge in [0.05, 0.1) is 6.26 Å². The summed E-state index contributed by atoms with van der Waals surface area (Å²) in [5.74, 6) is 0. The number of ether oxygens (including phenoxy) is 1. The van der Waals surface area contributed by atoms with Crippen LogP contribution in [0.4, 0.5) is 0 Å². The average molecular weight is 180 g/mol. The second-order valence-corrected chi connectivity index (χ2v) is 4.11. The van der Waals surface area contributed by atoms with Gasteiger partial charge < -0.3 is 4.74 Å². The van der Waals surface area contributed by atoms with Crippen LogP contribution in [0.2, 0.25) is 0 Å². The van der Waals surface area contributed by atoms with Crippen LogP contribution in [0.1, 0.15) is 20.8 Å². The zero-order chi connectivity index (χ0) is 9.07. The Hall–Kier alpha value is -0.550. The molecule has 1 atom stereocenters. The summed E-state index contributed by atoms with van der Waals surface area (Å²) in [7, 11) is -4.07. The molecule has 11 heavy (non-hydrogen) atoms. The fourth-order valence-corrected chi connectivity index (χ4v) is 0.498. The van der Waals surface area contributed by atoms with E-state index in [9.17, 15) is 8.42 Å². The van der Waals surface area contributed by atoms with Crippen molar-refractivity contribution >= 4 is 10.1 Å². The number of hydrogen-bond donors (Lipinski definition) is 1. The van der Waals surface area contributed by atoms with Crippen molar-refractivity contribution in [1.29, 1.82) is 0 Å². The molecule has 0 bridgehead atoms. The first kappa shape index (κ1) is 10.4. The van der Waals surface area contributed by atoms with Crippen LogP contribution in [0, 0.1) is 0 Å². The number of hydrogen-bond acceptors (Lipinski definition) is 3. The second kappa shape index (κ2) is 3.73. The van der Waals surface area contributed by atoms with Gasteiger partial charge in [-0.15, -0.1) is 0 Å². The van der Waals surface area contributed by atoms with E-state index in [1.54, 1.807) is 13.8 Å². The monoisotopic (exact) mass is 180 g/mol. The van der Waals surface area contributed by atoms with Crippen LogP contribution in [-0.4, -0.2) is 18.4 Å². The lowest BCUT2D eigenvalue weighted by atomic mass is 10.4. The SMILES string of the molecule is CC(C)=COC(C)S(=O)(=O)O. The van der Waals surface area contributed by atoms with Crippen LogP contribution in [0.3, 0.4) is 0 Å². The molecule has 66 valence electrons. The summed E-state index contributed by atoms with van der Waals surface area (Å²) in [6.45, 7) is 4.78. The van der Waals surface area contributed by atoms with E-state index in [4.69, 9.17) is 4.55 Å². The van der Waals surface area contributed by atoms with Crippen LogP contribution in [0.15, 0.2) is 11.8 Å². The van der Waals surface area contributed by atoms with E-state index in [1.807, 2.05) is 0 Å². The van der Waals surface area contributed by atoms with Gasteiger partial charge in [-0.3, -0.25) is 4.55 Å². The number of allylic oxidation sites excluding steroid dienone is 1. The maximum Gasteiger partial charge on any atom is 0.303 e. The summed E-state index contributed by atoms with van der Waals surface area (Å²) in [6.07, 6.45) is 1.29. The lowest BCUT2D eigenvalue weighted by Crippen LogP contribution is -2.17. The Morgan fingerprint density at radius 3 is 2.27 bits per heavy atom. The highest BCUT2D eigenvalue weighted by atomic mass is 32.2. The topological polar surface area (TPSA) is 63.6 Å². The largest absolute Gasteiger partial charge is 0.480 e. The summed E-state index contributed by atoms with van der Waals surface area (Å²) >= 11 is 0. The second-order valence-electron chi connectivity index (χ2n) is 2.41. The van der Waals surface area contributed by atoms with Gasteiger partial charge >= 0.3 is 10.1 Å². The third-order valence-electron chi connectivity index (χ3n) is 0.915. The van der Waals surface area contributed by atoms with Crippen LogP contribution in [-0.2, 0) is 14.9 Å². The van der Waals surface area contributed by atoms with Crippen molar-refractivity contribution < 1.29 is 17.7 Å². The molecule has 0 radical (unpaired) electrons. The van der Waals surface area contributed by atoms with Crippen molar-refractivity contribution in [2.24, 2.45) is 0 Å². The number of rotatable bonds is 3. The summed E-state index contributed by atoms with van der Waals surface area (Å²) < 4.78 is 33.8. The summed E-state index contributed by atoms with van der Waals surface area (Å²) in [5, 5.41) is 0. The molecule has 0 aliphatic carbocycles. The molecular formula is C6H12O4S. The molecule has 4 nitrogen and oxygen atoms in total. The molecule has 0 rings (SSSR count). The standard InChI is InChI=1S/C6H12O4S/c1-5(2)4-10-6(3)11(7,8)9/h4,6H,1-3H3,(H,7,8,9). The van der Waals surface area contributed by atoms with Gasteiger partial charge in [-0.25, -0.2) is 0 Å². The molecule has 0 aromatic heterocycles. The molecule has 0 saturated carbocycles. The van der Waals surface area contributed by atoms with Gasteiger partial charge in [0.2, 0.25) is 5.44 Å². The predicted octanol–water partition coefficient (Wildman–Crippen LogP) is 1.16. The summed E-state index contributed by atoms with van der Waals surface area (Å²) in [5.41, 5.74) is -0.363. The molecule has 0 fully saturated rings. The van der Waals surface area contributed by atoms with Crippen molar-refractivity contribution in [2.45, 2.75) is 26.2 Å². The Kier molecular flexibility index (Phi) is 3.54. The molecule has 1 unspecified atom stereocenters. The van der Waals surface area contributed by atoms with Gasteiger partial charge in [-0.05, 0) is 26.3 Å². The fourth-order valence-electron chi connectivity index (χ4n) is 0.302. The Bertz CT molecular complexity index is 235. The zero-order valence-corrected chi connectivity index (χ0v) is 7.55. The Morgan fingerprint density at radius 2 is 2.00 bits per heavy atom. The maximum atomic E-state index is 10.3. The smallest absolute Gasteiger partial charge is 0.303 e. The summed E-state index contributed by atoms with van der Waals surface area (Å²) in [6, 6.07) is 0. The molecule has 0 amide bonds. The first-order chi connectivity index (χ1) is 4.84. The van der Waals surface area contributed by atoms with Gasteiger partial charge in [0.1, 0.15) is 0 Å². The van der Waals surface area contributed by atoms with E-state index in [2.05, 4.69) is 4.74 Å². The van der Waals surface area contributed by atoms with Crippen molar-refractivity contribution in [1.82, 2.24) is 0 Å². The average Bonchev–Trinajstić information content (AvgIpc) is 1.80. The first-order valence-electron chi connectivity index (χ1n) is 3.09. The van der Waals surface area contributed by atoms with Crippen molar-refractivity contribution in [3.8, 4) is 0 Å². The molecule has 0 heterocycles. The van der Waals surface area contributed by atoms with E-state index in [0.717, 1.165) is 5.57 Å². The summed E-state index contributed by atoms with van der Waals surface area (Å²) in [4.78, 5) is 0. The van der Waals surface area contributed by atoms with Crippen LogP contribution in [0.5, 0.6) is 0 Å². The maximum absolute atomic E-state index is 10.3. The van der Waals surface area contributed by atoms with E-state index < -0.39 is 15.6 Å². The lowest BCUT2D eigenvalue weighted by Gasteiger charge is -2.06. The molecule has 0 aromatic carbocycles. The third-order valence-corrected chi connectivity index (χ3v) is 1.86. The zero-order valence-electron chi connectivity index (χ0n) is 6.73.